The number of amides is 1. The first-order valence-corrected chi connectivity index (χ1v) is 10.4. The van der Waals surface area contributed by atoms with Gasteiger partial charge in [0.15, 0.2) is 12.2 Å². The van der Waals surface area contributed by atoms with E-state index in [0.717, 1.165) is 38.9 Å². The molecular formula is C25H23ClN2O3. The molecule has 6 heteroatoms. The molecule has 5 nitrogen and oxygen atoms in total. The van der Waals surface area contributed by atoms with Gasteiger partial charge in [-0.1, -0.05) is 23.7 Å². The Morgan fingerprint density at radius 3 is 2.58 bits per heavy atom. The van der Waals surface area contributed by atoms with Gasteiger partial charge in [-0.15, -0.1) is 0 Å². The first-order valence-electron chi connectivity index (χ1n) is 9.98. The molecular weight excluding hydrogens is 412 g/mol. The number of aryl methyl sites for hydroxylation is 4. The van der Waals surface area contributed by atoms with E-state index in [9.17, 15) is 4.79 Å². The molecule has 0 aliphatic rings. The third-order valence-corrected chi connectivity index (χ3v) is 5.50. The maximum absolute atomic E-state index is 12.5. The molecule has 0 saturated heterocycles. The van der Waals surface area contributed by atoms with E-state index >= 15 is 0 Å². The zero-order valence-corrected chi connectivity index (χ0v) is 18.6. The number of nitrogens with one attached hydrogen (secondary N) is 1. The summed E-state index contributed by atoms with van der Waals surface area (Å²) in [5.41, 5.74) is 7.09. The van der Waals surface area contributed by atoms with E-state index in [2.05, 4.69) is 16.4 Å². The molecule has 1 heterocycles. The summed E-state index contributed by atoms with van der Waals surface area (Å²) in [6, 6.07) is 15.1. The van der Waals surface area contributed by atoms with Crippen LogP contribution in [-0.2, 0) is 4.79 Å². The average molecular weight is 435 g/mol. The van der Waals surface area contributed by atoms with Gasteiger partial charge in [0.2, 0.25) is 5.89 Å². The topological polar surface area (TPSA) is 64.4 Å². The highest BCUT2D eigenvalue weighted by Gasteiger charge is 2.13. The van der Waals surface area contributed by atoms with Crippen molar-refractivity contribution >= 4 is 34.3 Å². The smallest absolute Gasteiger partial charge is 0.262 e. The predicted molar refractivity (Wildman–Crippen MR) is 124 cm³/mol. The van der Waals surface area contributed by atoms with Crippen molar-refractivity contribution in [2.75, 3.05) is 11.9 Å². The van der Waals surface area contributed by atoms with Gasteiger partial charge in [-0.3, -0.25) is 4.79 Å². The molecule has 1 N–H and O–H groups in total. The highest BCUT2D eigenvalue weighted by molar-refractivity contribution is 6.31. The Morgan fingerprint density at radius 2 is 1.81 bits per heavy atom. The second-order valence-electron chi connectivity index (χ2n) is 7.73. The van der Waals surface area contributed by atoms with E-state index in [1.807, 2.05) is 52.0 Å². The Morgan fingerprint density at radius 1 is 1.00 bits per heavy atom. The predicted octanol–water partition coefficient (Wildman–Crippen LogP) is 6.40. The summed E-state index contributed by atoms with van der Waals surface area (Å²) < 4.78 is 11.6. The first kappa shape index (κ1) is 20.9. The standard InChI is InChI=1S/C25H23ClN2O3/c1-14-9-17(4)24-22(10-14)28-25(31-24)18-6-5-15(2)21(12-18)27-23(29)13-30-19-7-8-20(26)16(3)11-19/h5-12H,13H2,1-4H3,(H,27,29). The van der Waals surface area contributed by atoms with E-state index in [1.165, 1.54) is 0 Å². The Hall–Kier alpha value is -3.31. The highest BCUT2D eigenvalue weighted by Crippen LogP contribution is 2.30. The quantitative estimate of drug-likeness (QED) is 0.394. The van der Waals surface area contributed by atoms with Crippen LogP contribution < -0.4 is 10.1 Å². The van der Waals surface area contributed by atoms with Crippen molar-refractivity contribution in [2.24, 2.45) is 0 Å². The van der Waals surface area contributed by atoms with Crippen LogP contribution in [0.25, 0.3) is 22.6 Å². The molecule has 31 heavy (non-hydrogen) atoms. The molecule has 0 unspecified atom stereocenters. The third-order valence-electron chi connectivity index (χ3n) is 5.08. The summed E-state index contributed by atoms with van der Waals surface area (Å²) in [5.74, 6) is 0.864. The Bertz CT molecular complexity index is 1290. The minimum Gasteiger partial charge on any atom is -0.484 e. The normalized spacial score (nSPS) is 11.0. The lowest BCUT2D eigenvalue weighted by Gasteiger charge is -2.11. The minimum atomic E-state index is -0.253. The zero-order chi connectivity index (χ0) is 22.1. The van der Waals surface area contributed by atoms with Crippen LogP contribution in [-0.4, -0.2) is 17.5 Å². The van der Waals surface area contributed by atoms with E-state index in [4.69, 9.17) is 20.8 Å². The number of nitrogens with zero attached hydrogens (tertiary/aromatic N) is 1. The number of ether oxygens (including phenoxy) is 1. The summed E-state index contributed by atoms with van der Waals surface area (Å²) >= 11 is 6.03. The number of carbonyl (C=O) groups excluding carboxylic acids is 1. The van der Waals surface area contributed by atoms with Crippen LogP contribution in [0.3, 0.4) is 0 Å². The Labute approximate surface area is 186 Å². The van der Waals surface area contributed by atoms with Crippen molar-refractivity contribution < 1.29 is 13.9 Å². The maximum atomic E-state index is 12.5. The molecule has 1 aromatic heterocycles. The van der Waals surface area contributed by atoms with Gasteiger partial charge < -0.3 is 14.5 Å². The molecule has 4 rings (SSSR count). The van der Waals surface area contributed by atoms with Crippen LogP contribution in [0, 0.1) is 27.7 Å². The molecule has 0 aliphatic carbocycles. The van der Waals surface area contributed by atoms with Gasteiger partial charge in [0, 0.05) is 16.3 Å². The van der Waals surface area contributed by atoms with Gasteiger partial charge in [-0.25, -0.2) is 4.98 Å². The third kappa shape index (κ3) is 4.57. The largest absolute Gasteiger partial charge is 0.484 e. The van der Waals surface area contributed by atoms with Gasteiger partial charge in [-0.2, -0.15) is 0 Å². The van der Waals surface area contributed by atoms with E-state index < -0.39 is 0 Å². The summed E-state index contributed by atoms with van der Waals surface area (Å²) in [6.45, 7) is 7.76. The van der Waals surface area contributed by atoms with Crippen LogP contribution in [0.5, 0.6) is 5.75 Å². The van der Waals surface area contributed by atoms with Gasteiger partial charge in [-0.05, 0) is 86.3 Å². The fourth-order valence-electron chi connectivity index (χ4n) is 3.43. The number of oxazole rings is 1. The van der Waals surface area contributed by atoms with Gasteiger partial charge in [0.25, 0.3) is 5.91 Å². The molecule has 3 aromatic carbocycles. The number of hydrogen-bond donors (Lipinski definition) is 1. The van der Waals surface area contributed by atoms with Gasteiger partial charge in [0.05, 0.1) is 0 Å². The molecule has 1 amide bonds. The number of rotatable bonds is 5. The lowest BCUT2D eigenvalue weighted by atomic mass is 10.1. The van der Waals surface area contributed by atoms with Crippen molar-refractivity contribution in [3.8, 4) is 17.2 Å². The lowest BCUT2D eigenvalue weighted by molar-refractivity contribution is -0.118. The summed E-state index contributed by atoms with van der Waals surface area (Å²) in [5, 5.41) is 3.57. The fourth-order valence-corrected chi connectivity index (χ4v) is 3.55. The maximum Gasteiger partial charge on any atom is 0.262 e. The summed E-state index contributed by atoms with van der Waals surface area (Å²) in [4.78, 5) is 17.1. The van der Waals surface area contributed by atoms with E-state index in [1.54, 1.807) is 18.2 Å². The first-order chi connectivity index (χ1) is 14.8. The number of fused-ring (bicyclic) bond motifs is 1. The van der Waals surface area contributed by atoms with Gasteiger partial charge in [0.1, 0.15) is 11.3 Å². The molecule has 0 atom stereocenters. The van der Waals surface area contributed by atoms with Crippen LogP contribution in [0.1, 0.15) is 22.3 Å². The molecule has 0 radical (unpaired) electrons. The number of halogens is 1. The number of aromatic nitrogens is 1. The summed E-state index contributed by atoms with van der Waals surface area (Å²) in [7, 11) is 0. The molecule has 0 bridgehead atoms. The molecule has 0 saturated carbocycles. The van der Waals surface area contributed by atoms with Crippen LogP contribution in [0.2, 0.25) is 5.02 Å². The Kier molecular flexibility index (Phi) is 5.70. The summed E-state index contributed by atoms with van der Waals surface area (Å²) in [6.07, 6.45) is 0. The number of carbonyl (C=O) groups is 1. The van der Waals surface area contributed by atoms with Crippen molar-refractivity contribution in [1.82, 2.24) is 4.98 Å². The second-order valence-corrected chi connectivity index (χ2v) is 8.13. The number of anilines is 1. The van der Waals surface area contributed by atoms with Crippen molar-refractivity contribution in [1.29, 1.82) is 0 Å². The van der Waals surface area contributed by atoms with E-state index in [0.29, 0.717) is 22.4 Å². The Balaban J connectivity index is 1.52. The van der Waals surface area contributed by atoms with Crippen molar-refractivity contribution in [3.05, 3.63) is 75.8 Å². The molecule has 0 aliphatic heterocycles. The molecule has 0 fully saturated rings. The monoisotopic (exact) mass is 434 g/mol. The van der Waals surface area contributed by atoms with Crippen LogP contribution >= 0.6 is 11.6 Å². The number of hydrogen-bond acceptors (Lipinski definition) is 4. The fraction of sp³-hybridized carbons (Fsp3) is 0.200. The minimum absolute atomic E-state index is 0.105. The lowest BCUT2D eigenvalue weighted by Crippen LogP contribution is -2.20. The zero-order valence-electron chi connectivity index (χ0n) is 17.9. The van der Waals surface area contributed by atoms with E-state index in [-0.39, 0.29) is 12.5 Å². The molecule has 4 aromatic rings. The SMILES string of the molecule is Cc1cc(C)c2oc(-c3ccc(C)c(NC(=O)COc4ccc(Cl)c(C)c4)c3)nc2c1. The molecule has 0 spiro atoms. The highest BCUT2D eigenvalue weighted by atomic mass is 35.5. The van der Waals surface area contributed by atoms with Crippen molar-refractivity contribution in [3.63, 3.8) is 0 Å². The number of benzene rings is 3. The van der Waals surface area contributed by atoms with Crippen LogP contribution in [0.4, 0.5) is 5.69 Å². The van der Waals surface area contributed by atoms with Crippen molar-refractivity contribution in [2.45, 2.75) is 27.7 Å². The second kappa shape index (κ2) is 8.44. The van der Waals surface area contributed by atoms with Crippen LogP contribution in [0.15, 0.2) is 52.9 Å². The van der Waals surface area contributed by atoms with Gasteiger partial charge >= 0.3 is 0 Å². The molecule has 158 valence electrons. The average Bonchev–Trinajstić information content (AvgIpc) is 3.15.